The van der Waals surface area contributed by atoms with Crippen molar-refractivity contribution in [3.63, 3.8) is 0 Å². The number of hydrogen-bond donors (Lipinski definition) is 6. The zero-order chi connectivity index (χ0) is 9.98. The van der Waals surface area contributed by atoms with Crippen molar-refractivity contribution in [2.75, 3.05) is 6.54 Å². The standard InChI is InChI=1S/C4H9N3O3.H4N2/c5-4(10)7-6-2-1-3(8)9;1-2/h6H,1-2H2,(H,8,9)(H3,5,7,10);1-2H2. The van der Waals surface area contributed by atoms with Crippen LogP contribution in [0.1, 0.15) is 6.42 Å². The van der Waals surface area contributed by atoms with Gasteiger partial charge in [0.15, 0.2) is 0 Å². The fourth-order valence-corrected chi connectivity index (χ4v) is 0.319. The third kappa shape index (κ3) is 15.8. The van der Waals surface area contributed by atoms with Crippen molar-refractivity contribution in [1.29, 1.82) is 0 Å². The van der Waals surface area contributed by atoms with E-state index in [0.717, 1.165) is 0 Å². The monoisotopic (exact) mass is 179 g/mol. The summed E-state index contributed by atoms with van der Waals surface area (Å²) in [5.74, 6) is 7.07. The molecule has 72 valence electrons. The number of aliphatic carboxylic acids is 1. The number of rotatable bonds is 4. The summed E-state index contributed by atoms with van der Waals surface area (Å²) in [5.41, 5.74) is 8.99. The van der Waals surface area contributed by atoms with E-state index in [1.165, 1.54) is 0 Å². The molecule has 0 aromatic rings. The van der Waals surface area contributed by atoms with Crippen molar-refractivity contribution in [2.24, 2.45) is 17.4 Å². The predicted molar refractivity (Wildman–Crippen MR) is 41.3 cm³/mol. The van der Waals surface area contributed by atoms with Crippen LogP contribution >= 0.6 is 0 Å². The van der Waals surface area contributed by atoms with Crippen LogP contribution in [0.15, 0.2) is 0 Å². The molecule has 0 saturated carbocycles. The third-order valence-electron chi connectivity index (χ3n) is 0.675. The lowest BCUT2D eigenvalue weighted by atomic mass is 10.4. The lowest BCUT2D eigenvalue weighted by Gasteiger charge is -2.00. The average Bonchev–Trinajstić information content (AvgIpc) is 2.02. The highest BCUT2D eigenvalue weighted by Crippen LogP contribution is 1.71. The van der Waals surface area contributed by atoms with Crippen LogP contribution in [0, 0.1) is 0 Å². The van der Waals surface area contributed by atoms with Gasteiger partial charge in [-0.05, 0) is 0 Å². The molecule has 0 radical (unpaired) electrons. The summed E-state index contributed by atoms with van der Waals surface area (Å²) in [6.45, 7) is 0.165. The van der Waals surface area contributed by atoms with Gasteiger partial charge in [0.1, 0.15) is 0 Å². The maximum Gasteiger partial charge on any atom is 0.326 e. The highest BCUT2D eigenvalue weighted by Gasteiger charge is 1.94. The van der Waals surface area contributed by atoms with E-state index < -0.39 is 12.0 Å². The molecule has 0 fully saturated rings. The van der Waals surface area contributed by atoms with Gasteiger partial charge in [0.25, 0.3) is 0 Å². The quantitative estimate of drug-likeness (QED) is 0.158. The number of carbonyl (C=O) groups is 2. The van der Waals surface area contributed by atoms with Crippen molar-refractivity contribution in [2.45, 2.75) is 6.42 Å². The van der Waals surface area contributed by atoms with E-state index in [9.17, 15) is 9.59 Å². The fourth-order valence-electron chi connectivity index (χ4n) is 0.319. The van der Waals surface area contributed by atoms with Crippen LogP contribution in [0.25, 0.3) is 0 Å². The van der Waals surface area contributed by atoms with E-state index in [1.807, 2.05) is 5.43 Å². The Hall–Kier alpha value is -1.38. The number of nitrogens with one attached hydrogen (secondary N) is 2. The minimum Gasteiger partial charge on any atom is -0.481 e. The van der Waals surface area contributed by atoms with Gasteiger partial charge in [0, 0.05) is 6.54 Å². The topological polar surface area (TPSA) is 156 Å². The summed E-state index contributed by atoms with van der Waals surface area (Å²) >= 11 is 0. The number of carboxylic acid groups (broad SMARTS) is 1. The second kappa shape index (κ2) is 9.62. The molecule has 0 aromatic heterocycles. The summed E-state index contributed by atoms with van der Waals surface area (Å²) in [6, 6.07) is -0.731. The van der Waals surface area contributed by atoms with E-state index in [1.54, 1.807) is 0 Å². The molecule has 9 N–H and O–H groups in total. The van der Waals surface area contributed by atoms with Gasteiger partial charge in [-0.1, -0.05) is 0 Å². The zero-order valence-electron chi connectivity index (χ0n) is 6.41. The lowest BCUT2D eigenvalue weighted by molar-refractivity contribution is -0.136. The molecule has 0 heterocycles. The SMILES string of the molecule is NC(=O)NNCCC(=O)O.NN. The maximum absolute atomic E-state index is 9.95. The Morgan fingerprint density at radius 2 is 1.83 bits per heavy atom. The summed E-state index contributed by atoms with van der Waals surface area (Å²) in [5, 5.41) is 8.09. The van der Waals surface area contributed by atoms with E-state index in [-0.39, 0.29) is 13.0 Å². The van der Waals surface area contributed by atoms with Gasteiger partial charge < -0.3 is 10.8 Å². The van der Waals surface area contributed by atoms with E-state index in [0.29, 0.717) is 0 Å². The first-order chi connectivity index (χ1) is 5.63. The molecule has 8 nitrogen and oxygen atoms in total. The van der Waals surface area contributed by atoms with Gasteiger partial charge in [-0.15, -0.1) is 0 Å². The van der Waals surface area contributed by atoms with Crippen molar-refractivity contribution < 1.29 is 14.7 Å². The van der Waals surface area contributed by atoms with Crippen molar-refractivity contribution in [3.8, 4) is 0 Å². The van der Waals surface area contributed by atoms with Crippen LogP contribution in [-0.2, 0) is 4.79 Å². The Balaban J connectivity index is 0. The van der Waals surface area contributed by atoms with Crippen LogP contribution in [0.4, 0.5) is 4.79 Å². The number of urea groups is 1. The van der Waals surface area contributed by atoms with Gasteiger partial charge >= 0.3 is 12.0 Å². The summed E-state index contributed by atoms with van der Waals surface area (Å²) < 4.78 is 0. The predicted octanol–water partition coefficient (Wildman–Crippen LogP) is -2.55. The number of carbonyl (C=O) groups excluding carboxylic acids is 1. The Labute approximate surface area is 69.0 Å². The summed E-state index contributed by atoms with van der Waals surface area (Å²) in [7, 11) is 0. The summed E-state index contributed by atoms with van der Waals surface area (Å²) in [6.07, 6.45) is -0.0553. The van der Waals surface area contributed by atoms with Crippen molar-refractivity contribution >= 4 is 12.0 Å². The van der Waals surface area contributed by atoms with Crippen LogP contribution < -0.4 is 28.3 Å². The molecule has 0 atom stereocenters. The Morgan fingerprint density at radius 3 is 2.17 bits per heavy atom. The Morgan fingerprint density at radius 1 is 1.33 bits per heavy atom. The second-order valence-corrected chi connectivity index (χ2v) is 1.56. The maximum atomic E-state index is 9.95. The van der Waals surface area contributed by atoms with E-state index >= 15 is 0 Å². The molecule has 0 saturated heterocycles. The van der Waals surface area contributed by atoms with Crippen molar-refractivity contribution in [1.82, 2.24) is 10.9 Å². The minimum absolute atomic E-state index is 0.0553. The lowest BCUT2D eigenvalue weighted by Crippen LogP contribution is -2.41. The first-order valence-electron chi connectivity index (χ1n) is 2.96. The second-order valence-electron chi connectivity index (χ2n) is 1.56. The summed E-state index contributed by atoms with van der Waals surface area (Å²) in [4.78, 5) is 19.8. The normalized spacial score (nSPS) is 7.83. The highest BCUT2D eigenvalue weighted by atomic mass is 16.4. The number of hydrogen-bond acceptors (Lipinski definition) is 5. The average molecular weight is 179 g/mol. The van der Waals surface area contributed by atoms with E-state index in [2.05, 4.69) is 22.8 Å². The molecule has 0 unspecified atom stereocenters. The molecule has 8 heteroatoms. The van der Waals surface area contributed by atoms with Crippen LogP contribution in [-0.4, -0.2) is 23.7 Å². The molecule has 0 aromatic carbocycles. The molecule has 0 aliphatic heterocycles. The molecular weight excluding hydrogens is 166 g/mol. The van der Waals surface area contributed by atoms with Gasteiger partial charge in [-0.2, -0.15) is 0 Å². The Kier molecular flexibility index (Phi) is 10.6. The molecule has 0 aliphatic rings. The number of primary amides is 1. The van der Waals surface area contributed by atoms with Gasteiger partial charge in [0.2, 0.25) is 0 Å². The smallest absolute Gasteiger partial charge is 0.326 e. The van der Waals surface area contributed by atoms with Crippen LogP contribution in [0.3, 0.4) is 0 Å². The first-order valence-corrected chi connectivity index (χ1v) is 2.96. The fraction of sp³-hybridized carbons (Fsp3) is 0.500. The number of nitrogens with two attached hydrogens (primary N) is 3. The molecular formula is C4H13N5O3. The molecule has 0 rings (SSSR count). The van der Waals surface area contributed by atoms with Gasteiger partial charge in [0.05, 0.1) is 6.42 Å². The van der Waals surface area contributed by atoms with Gasteiger partial charge in [-0.25, -0.2) is 10.2 Å². The largest absolute Gasteiger partial charge is 0.481 e. The van der Waals surface area contributed by atoms with Crippen LogP contribution in [0.2, 0.25) is 0 Å². The molecule has 12 heavy (non-hydrogen) atoms. The third-order valence-corrected chi connectivity index (χ3v) is 0.675. The Bertz CT molecular complexity index is 123. The zero-order valence-corrected chi connectivity index (χ0v) is 6.41. The molecule has 0 bridgehead atoms. The van der Waals surface area contributed by atoms with Crippen molar-refractivity contribution in [3.05, 3.63) is 0 Å². The number of amides is 2. The first kappa shape index (κ1) is 13.2. The van der Waals surface area contributed by atoms with Gasteiger partial charge in [-0.3, -0.25) is 21.9 Å². The minimum atomic E-state index is -0.932. The molecule has 0 spiro atoms. The number of hydrazine groups is 2. The molecule has 2 amide bonds. The highest BCUT2D eigenvalue weighted by molar-refractivity contribution is 5.71. The van der Waals surface area contributed by atoms with Crippen LogP contribution in [0.5, 0.6) is 0 Å². The molecule has 0 aliphatic carbocycles. The van der Waals surface area contributed by atoms with E-state index in [4.69, 9.17) is 5.11 Å². The number of carboxylic acids is 1.